The molecule has 0 fully saturated rings. The lowest BCUT2D eigenvalue weighted by molar-refractivity contribution is -0.113. The van der Waals surface area contributed by atoms with Gasteiger partial charge in [-0.05, 0) is 33.1 Å². The summed E-state index contributed by atoms with van der Waals surface area (Å²) in [5.74, 6) is 5.68. The van der Waals surface area contributed by atoms with Gasteiger partial charge in [0.05, 0.1) is 0 Å². The van der Waals surface area contributed by atoms with Gasteiger partial charge in [0.25, 0.3) is 0 Å². The van der Waals surface area contributed by atoms with E-state index in [2.05, 4.69) is 18.8 Å². The molecule has 0 aliphatic carbocycles. The first-order valence-electron chi connectivity index (χ1n) is 4.51. The van der Waals surface area contributed by atoms with Crippen molar-refractivity contribution in [2.24, 2.45) is 5.41 Å². The van der Waals surface area contributed by atoms with E-state index in [0.29, 0.717) is 6.42 Å². The van der Waals surface area contributed by atoms with Gasteiger partial charge >= 0.3 is 0 Å². The SMILES string of the molecule is CCCCC(=O)C#CC(C)(C)C. The van der Waals surface area contributed by atoms with E-state index in [1.165, 1.54) is 0 Å². The fourth-order valence-electron chi connectivity index (χ4n) is 0.657. The number of Topliss-reactive ketones (excluding diaryl/α,β-unsaturated/α-hetero) is 1. The molecule has 0 heterocycles. The molecule has 0 aliphatic heterocycles. The van der Waals surface area contributed by atoms with E-state index in [1.807, 2.05) is 20.8 Å². The van der Waals surface area contributed by atoms with Crippen molar-refractivity contribution in [2.75, 3.05) is 0 Å². The molecule has 0 saturated heterocycles. The number of hydrogen-bond donors (Lipinski definition) is 0. The van der Waals surface area contributed by atoms with E-state index in [4.69, 9.17) is 0 Å². The third-order valence-corrected chi connectivity index (χ3v) is 1.33. The molecule has 0 aromatic heterocycles. The molecule has 0 aromatic rings. The van der Waals surface area contributed by atoms with E-state index < -0.39 is 0 Å². The van der Waals surface area contributed by atoms with Crippen molar-refractivity contribution >= 4 is 5.78 Å². The highest BCUT2D eigenvalue weighted by atomic mass is 16.1. The summed E-state index contributed by atoms with van der Waals surface area (Å²) < 4.78 is 0. The number of carbonyl (C=O) groups excluding carboxylic acids is 1. The van der Waals surface area contributed by atoms with E-state index in [9.17, 15) is 4.79 Å². The molecule has 0 unspecified atom stereocenters. The van der Waals surface area contributed by atoms with Crippen LogP contribution in [0.2, 0.25) is 0 Å². The van der Waals surface area contributed by atoms with Gasteiger partial charge in [0.2, 0.25) is 5.78 Å². The second-order valence-corrected chi connectivity index (χ2v) is 4.03. The molecule has 0 N–H and O–H groups in total. The number of hydrogen-bond acceptors (Lipinski definition) is 1. The van der Waals surface area contributed by atoms with E-state index >= 15 is 0 Å². The van der Waals surface area contributed by atoms with Crippen LogP contribution < -0.4 is 0 Å². The topological polar surface area (TPSA) is 17.1 Å². The van der Waals surface area contributed by atoms with Crippen LogP contribution >= 0.6 is 0 Å². The third-order valence-electron chi connectivity index (χ3n) is 1.33. The van der Waals surface area contributed by atoms with Crippen molar-refractivity contribution in [3.05, 3.63) is 0 Å². The summed E-state index contributed by atoms with van der Waals surface area (Å²) in [6.07, 6.45) is 2.63. The number of unbranched alkanes of at least 4 members (excludes halogenated alkanes) is 1. The maximum Gasteiger partial charge on any atom is 0.205 e. The van der Waals surface area contributed by atoms with Crippen LogP contribution in [0.15, 0.2) is 0 Å². The highest BCUT2D eigenvalue weighted by molar-refractivity contribution is 5.95. The summed E-state index contributed by atoms with van der Waals surface area (Å²) in [6, 6.07) is 0. The average molecular weight is 166 g/mol. The summed E-state index contributed by atoms with van der Waals surface area (Å²) in [7, 11) is 0. The summed E-state index contributed by atoms with van der Waals surface area (Å²) in [4.78, 5) is 11.1. The van der Waals surface area contributed by atoms with Gasteiger partial charge in [-0.25, -0.2) is 0 Å². The Hall–Kier alpha value is -0.770. The smallest absolute Gasteiger partial charge is 0.205 e. The average Bonchev–Trinajstić information content (AvgIpc) is 1.95. The highest BCUT2D eigenvalue weighted by Crippen LogP contribution is 2.09. The summed E-state index contributed by atoms with van der Waals surface area (Å²) in [5.41, 5.74) is -0.0537. The fourth-order valence-corrected chi connectivity index (χ4v) is 0.657. The van der Waals surface area contributed by atoms with Gasteiger partial charge in [0.15, 0.2) is 0 Å². The van der Waals surface area contributed by atoms with Crippen LogP contribution in [0.1, 0.15) is 47.0 Å². The molecular weight excluding hydrogens is 148 g/mol. The molecule has 0 spiro atoms. The number of rotatable bonds is 3. The Bertz CT molecular complexity index is 197. The van der Waals surface area contributed by atoms with E-state index in [0.717, 1.165) is 12.8 Å². The molecule has 0 rings (SSSR count). The van der Waals surface area contributed by atoms with Gasteiger partial charge in [0.1, 0.15) is 0 Å². The molecule has 12 heavy (non-hydrogen) atoms. The van der Waals surface area contributed by atoms with Crippen LogP contribution in [-0.2, 0) is 4.79 Å². The normalized spacial score (nSPS) is 10.3. The minimum atomic E-state index is -0.0537. The third kappa shape index (κ3) is 7.34. The van der Waals surface area contributed by atoms with Crippen LogP contribution in [0.5, 0.6) is 0 Å². The van der Waals surface area contributed by atoms with Crippen molar-refractivity contribution < 1.29 is 4.79 Å². The zero-order valence-electron chi connectivity index (χ0n) is 8.53. The van der Waals surface area contributed by atoms with Gasteiger partial charge in [-0.3, -0.25) is 4.79 Å². The molecule has 0 bridgehead atoms. The fraction of sp³-hybridized carbons (Fsp3) is 0.727. The van der Waals surface area contributed by atoms with Crippen LogP contribution in [0.3, 0.4) is 0 Å². The van der Waals surface area contributed by atoms with Crippen LogP contribution in [0.4, 0.5) is 0 Å². The Kier molecular flexibility index (Phi) is 4.66. The lowest BCUT2D eigenvalue weighted by Gasteiger charge is -2.06. The lowest BCUT2D eigenvalue weighted by Crippen LogP contribution is -2.01. The molecule has 0 atom stereocenters. The molecule has 68 valence electrons. The predicted molar refractivity (Wildman–Crippen MR) is 51.8 cm³/mol. The lowest BCUT2D eigenvalue weighted by atomic mass is 9.97. The van der Waals surface area contributed by atoms with Crippen molar-refractivity contribution in [1.82, 2.24) is 0 Å². The van der Waals surface area contributed by atoms with Crippen LogP contribution in [0, 0.1) is 17.3 Å². The Morgan fingerprint density at radius 1 is 1.33 bits per heavy atom. The van der Waals surface area contributed by atoms with Gasteiger partial charge in [-0.15, -0.1) is 0 Å². The van der Waals surface area contributed by atoms with Crippen molar-refractivity contribution in [1.29, 1.82) is 0 Å². The number of carbonyl (C=O) groups is 1. The highest BCUT2D eigenvalue weighted by Gasteiger charge is 2.04. The zero-order chi connectivity index (χ0) is 9.61. The minimum absolute atomic E-state index is 0.0537. The summed E-state index contributed by atoms with van der Waals surface area (Å²) in [6.45, 7) is 8.10. The maximum absolute atomic E-state index is 11.1. The van der Waals surface area contributed by atoms with Crippen molar-refractivity contribution in [3.8, 4) is 11.8 Å². The minimum Gasteiger partial charge on any atom is -0.285 e. The second-order valence-electron chi connectivity index (χ2n) is 4.03. The number of ketones is 1. The summed E-state index contributed by atoms with van der Waals surface area (Å²) in [5, 5.41) is 0. The van der Waals surface area contributed by atoms with Gasteiger partial charge in [0, 0.05) is 11.8 Å². The first-order valence-corrected chi connectivity index (χ1v) is 4.51. The van der Waals surface area contributed by atoms with Gasteiger partial charge < -0.3 is 0 Å². The molecule has 0 amide bonds. The quantitative estimate of drug-likeness (QED) is 0.465. The van der Waals surface area contributed by atoms with Gasteiger partial charge in [-0.1, -0.05) is 19.3 Å². The zero-order valence-corrected chi connectivity index (χ0v) is 8.53. The molecule has 0 aliphatic rings. The molecular formula is C11H18O. The Morgan fingerprint density at radius 2 is 1.92 bits per heavy atom. The molecule has 1 nitrogen and oxygen atoms in total. The molecule has 0 aromatic carbocycles. The largest absolute Gasteiger partial charge is 0.285 e. The van der Waals surface area contributed by atoms with E-state index in [-0.39, 0.29) is 11.2 Å². The molecule has 0 saturated carbocycles. The first-order chi connectivity index (χ1) is 5.45. The maximum atomic E-state index is 11.1. The van der Waals surface area contributed by atoms with E-state index in [1.54, 1.807) is 0 Å². The second kappa shape index (κ2) is 4.98. The van der Waals surface area contributed by atoms with Crippen molar-refractivity contribution in [3.63, 3.8) is 0 Å². The standard InChI is InChI=1S/C11H18O/c1-5-6-7-10(12)8-9-11(2,3)4/h5-7H2,1-4H3. The molecule has 1 heteroatoms. The van der Waals surface area contributed by atoms with Crippen LogP contribution in [-0.4, -0.2) is 5.78 Å². The first kappa shape index (κ1) is 11.2. The molecule has 0 radical (unpaired) electrons. The Labute approximate surface area is 75.5 Å². The Balaban J connectivity index is 3.88. The van der Waals surface area contributed by atoms with Gasteiger partial charge in [-0.2, -0.15) is 0 Å². The monoisotopic (exact) mass is 166 g/mol. The summed E-state index contributed by atoms with van der Waals surface area (Å²) >= 11 is 0. The van der Waals surface area contributed by atoms with Crippen molar-refractivity contribution in [2.45, 2.75) is 47.0 Å². The van der Waals surface area contributed by atoms with Crippen LogP contribution in [0.25, 0.3) is 0 Å². The predicted octanol–water partition coefficient (Wildman–Crippen LogP) is 2.80. The Morgan fingerprint density at radius 3 is 2.33 bits per heavy atom.